The lowest BCUT2D eigenvalue weighted by Gasteiger charge is -2.26. The van der Waals surface area contributed by atoms with Crippen LogP contribution >= 0.6 is 11.6 Å². The second kappa shape index (κ2) is 10.2. The molecule has 0 bridgehead atoms. The lowest BCUT2D eigenvalue weighted by Crippen LogP contribution is -2.41. The normalized spacial score (nSPS) is 14.2. The minimum atomic E-state index is -3.98. The van der Waals surface area contributed by atoms with Gasteiger partial charge in [-0.1, -0.05) is 54.1 Å². The number of nitrogens with one attached hydrogen (secondary N) is 1. The summed E-state index contributed by atoms with van der Waals surface area (Å²) in [6.45, 7) is 3.41. The van der Waals surface area contributed by atoms with Crippen molar-refractivity contribution >= 4 is 33.2 Å². The van der Waals surface area contributed by atoms with Crippen molar-refractivity contribution in [3.05, 3.63) is 94.0 Å². The lowest BCUT2D eigenvalue weighted by atomic mass is 9.89. The highest BCUT2D eigenvalue weighted by Crippen LogP contribution is 2.28. The molecule has 34 heavy (non-hydrogen) atoms. The molecule has 0 spiro atoms. The molecular formula is C27H29ClN2O3S. The molecule has 0 aromatic heterocycles. The SMILES string of the molecule is Cc1ccc(N(CC(=O)N[C@@H](C)c2ccc3c(c2)CCCC3)S(=O)(=O)c2ccccc2)cc1Cl. The Morgan fingerprint density at radius 1 is 1.00 bits per heavy atom. The van der Waals surface area contributed by atoms with Gasteiger partial charge in [0.25, 0.3) is 10.0 Å². The van der Waals surface area contributed by atoms with E-state index in [4.69, 9.17) is 11.6 Å². The van der Waals surface area contributed by atoms with Crippen LogP contribution in [0.15, 0.2) is 71.6 Å². The van der Waals surface area contributed by atoms with Gasteiger partial charge in [0.1, 0.15) is 6.54 Å². The minimum absolute atomic E-state index is 0.113. The van der Waals surface area contributed by atoms with Crippen molar-refractivity contribution in [1.82, 2.24) is 5.32 Å². The Labute approximate surface area is 206 Å². The van der Waals surface area contributed by atoms with Crippen LogP contribution in [0.2, 0.25) is 5.02 Å². The van der Waals surface area contributed by atoms with E-state index in [0.717, 1.165) is 28.3 Å². The van der Waals surface area contributed by atoms with Crippen LogP contribution < -0.4 is 9.62 Å². The standard InChI is InChI=1S/C27H29ClN2O3S/c1-19-12-15-24(17-26(19)28)30(34(32,33)25-10-4-3-5-11-25)18-27(31)29-20(2)22-14-13-21-8-6-7-9-23(21)16-22/h3-5,10-17,20H,6-9,18H2,1-2H3,(H,29,31)/t20-/m0/s1. The molecule has 4 rings (SSSR count). The fourth-order valence-corrected chi connectivity index (χ4v) is 5.90. The summed E-state index contributed by atoms with van der Waals surface area (Å²) in [6, 6.07) is 19.2. The van der Waals surface area contributed by atoms with Gasteiger partial charge in [0.05, 0.1) is 16.6 Å². The zero-order valence-corrected chi connectivity index (χ0v) is 21.0. The molecule has 1 atom stereocenters. The van der Waals surface area contributed by atoms with Crippen molar-refractivity contribution in [2.24, 2.45) is 0 Å². The lowest BCUT2D eigenvalue weighted by molar-refractivity contribution is -0.120. The maximum atomic E-state index is 13.5. The maximum Gasteiger partial charge on any atom is 0.264 e. The minimum Gasteiger partial charge on any atom is -0.348 e. The Bertz CT molecular complexity index is 1290. The number of amides is 1. The third-order valence-corrected chi connectivity index (χ3v) is 8.51. The molecule has 0 radical (unpaired) electrons. The molecule has 178 valence electrons. The molecule has 5 nitrogen and oxygen atoms in total. The second-order valence-electron chi connectivity index (χ2n) is 8.78. The number of hydrogen-bond donors (Lipinski definition) is 1. The van der Waals surface area contributed by atoms with Crippen molar-refractivity contribution in [2.45, 2.75) is 50.5 Å². The third kappa shape index (κ3) is 5.29. The average molecular weight is 497 g/mol. The van der Waals surface area contributed by atoms with Gasteiger partial charge in [-0.2, -0.15) is 0 Å². The zero-order chi connectivity index (χ0) is 24.3. The molecule has 1 amide bonds. The predicted molar refractivity (Wildman–Crippen MR) is 137 cm³/mol. The third-order valence-electron chi connectivity index (χ3n) is 6.31. The average Bonchev–Trinajstić information content (AvgIpc) is 2.84. The van der Waals surface area contributed by atoms with Gasteiger partial charge in [0.2, 0.25) is 5.91 Å². The number of fused-ring (bicyclic) bond motifs is 1. The molecule has 0 unspecified atom stereocenters. The number of carbonyl (C=O) groups excluding carboxylic acids is 1. The van der Waals surface area contributed by atoms with Crippen molar-refractivity contribution in [1.29, 1.82) is 0 Å². The van der Waals surface area contributed by atoms with Crippen LogP contribution in [0.1, 0.15) is 48.1 Å². The van der Waals surface area contributed by atoms with Gasteiger partial charge in [0.15, 0.2) is 0 Å². The summed E-state index contributed by atoms with van der Waals surface area (Å²) in [7, 11) is -3.98. The maximum absolute atomic E-state index is 13.5. The second-order valence-corrected chi connectivity index (χ2v) is 11.1. The number of benzene rings is 3. The highest BCUT2D eigenvalue weighted by molar-refractivity contribution is 7.92. The molecule has 0 heterocycles. The van der Waals surface area contributed by atoms with E-state index in [1.165, 1.54) is 36.1 Å². The predicted octanol–water partition coefficient (Wildman–Crippen LogP) is 5.60. The van der Waals surface area contributed by atoms with E-state index >= 15 is 0 Å². The van der Waals surface area contributed by atoms with Gasteiger partial charge in [-0.25, -0.2) is 8.42 Å². The fourth-order valence-electron chi connectivity index (χ4n) is 4.30. The van der Waals surface area contributed by atoms with Gasteiger partial charge in [-0.15, -0.1) is 0 Å². The first kappa shape index (κ1) is 24.3. The van der Waals surface area contributed by atoms with Gasteiger partial charge in [-0.3, -0.25) is 9.10 Å². The van der Waals surface area contributed by atoms with Gasteiger partial charge < -0.3 is 5.32 Å². The van der Waals surface area contributed by atoms with Gasteiger partial charge in [-0.05, 0) is 86.1 Å². The summed E-state index contributed by atoms with van der Waals surface area (Å²) in [5.74, 6) is -0.388. The summed E-state index contributed by atoms with van der Waals surface area (Å²) in [6.07, 6.45) is 4.55. The number of carbonyl (C=O) groups is 1. The highest BCUT2D eigenvalue weighted by atomic mass is 35.5. The Kier molecular flexibility index (Phi) is 7.29. The van der Waals surface area contributed by atoms with Crippen LogP contribution in [0.4, 0.5) is 5.69 Å². The smallest absolute Gasteiger partial charge is 0.264 e. The largest absolute Gasteiger partial charge is 0.348 e. The van der Waals surface area contributed by atoms with Crippen LogP contribution in [0.25, 0.3) is 0 Å². The van der Waals surface area contributed by atoms with Crippen LogP contribution in [0.3, 0.4) is 0 Å². The summed E-state index contributed by atoms with van der Waals surface area (Å²) in [5.41, 5.74) is 4.91. The summed E-state index contributed by atoms with van der Waals surface area (Å²) >= 11 is 6.29. The number of aryl methyl sites for hydroxylation is 3. The molecule has 0 aliphatic heterocycles. The Hall–Kier alpha value is -2.83. The van der Waals surface area contributed by atoms with E-state index < -0.39 is 10.0 Å². The molecule has 3 aromatic carbocycles. The molecule has 1 aliphatic carbocycles. The summed E-state index contributed by atoms with van der Waals surface area (Å²) < 4.78 is 28.1. The van der Waals surface area contributed by atoms with Crippen molar-refractivity contribution in [2.75, 3.05) is 10.8 Å². The molecule has 3 aromatic rings. The Morgan fingerprint density at radius 2 is 1.71 bits per heavy atom. The molecule has 0 saturated carbocycles. The molecule has 1 N–H and O–H groups in total. The van der Waals surface area contributed by atoms with Gasteiger partial charge in [0, 0.05) is 5.02 Å². The molecule has 0 fully saturated rings. The van der Waals surface area contributed by atoms with Gasteiger partial charge >= 0.3 is 0 Å². The number of anilines is 1. The van der Waals surface area contributed by atoms with Crippen molar-refractivity contribution in [3.63, 3.8) is 0 Å². The van der Waals surface area contributed by atoms with Crippen LogP contribution in [0.5, 0.6) is 0 Å². The first-order valence-corrected chi connectivity index (χ1v) is 13.3. The number of nitrogens with zero attached hydrogens (tertiary/aromatic N) is 1. The number of halogens is 1. The van der Waals surface area contributed by atoms with E-state index in [2.05, 4.69) is 17.4 Å². The van der Waals surface area contributed by atoms with E-state index in [1.807, 2.05) is 19.9 Å². The molecular weight excluding hydrogens is 468 g/mol. The molecule has 1 aliphatic rings. The zero-order valence-electron chi connectivity index (χ0n) is 19.4. The Balaban J connectivity index is 1.58. The first-order valence-electron chi connectivity index (χ1n) is 11.5. The number of sulfonamides is 1. The van der Waals surface area contributed by atoms with E-state index in [0.29, 0.717) is 10.7 Å². The quantitative estimate of drug-likeness (QED) is 0.463. The Morgan fingerprint density at radius 3 is 2.41 bits per heavy atom. The first-order chi connectivity index (χ1) is 16.3. The van der Waals surface area contributed by atoms with Crippen molar-refractivity contribution < 1.29 is 13.2 Å². The van der Waals surface area contributed by atoms with Crippen LogP contribution in [-0.4, -0.2) is 20.9 Å². The molecule has 7 heteroatoms. The van der Waals surface area contributed by atoms with E-state index in [1.54, 1.807) is 36.4 Å². The number of hydrogen-bond acceptors (Lipinski definition) is 3. The fraction of sp³-hybridized carbons (Fsp3) is 0.296. The highest BCUT2D eigenvalue weighted by Gasteiger charge is 2.28. The summed E-state index contributed by atoms with van der Waals surface area (Å²) in [5, 5.41) is 3.41. The van der Waals surface area contributed by atoms with Crippen LogP contribution in [-0.2, 0) is 27.7 Å². The summed E-state index contributed by atoms with van der Waals surface area (Å²) in [4.78, 5) is 13.2. The van der Waals surface area contributed by atoms with Crippen molar-refractivity contribution in [3.8, 4) is 0 Å². The van der Waals surface area contributed by atoms with Crippen LogP contribution in [0, 0.1) is 6.92 Å². The van der Waals surface area contributed by atoms with E-state index in [-0.39, 0.29) is 23.4 Å². The molecule has 0 saturated heterocycles. The van der Waals surface area contributed by atoms with E-state index in [9.17, 15) is 13.2 Å². The topological polar surface area (TPSA) is 66.5 Å². The monoisotopic (exact) mass is 496 g/mol. The number of rotatable bonds is 7.